The molecule has 0 unspecified atom stereocenters. The van der Waals surface area contributed by atoms with Crippen LogP contribution in [0.3, 0.4) is 0 Å². The minimum atomic E-state index is -0.191. The molecule has 0 saturated carbocycles. The van der Waals surface area contributed by atoms with Crippen molar-refractivity contribution in [3.8, 4) is 0 Å². The lowest BCUT2D eigenvalue weighted by atomic mass is 10.3. The average molecular weight is 369 g/mol. The zero-order valence-electron chi connectivity index (χ0n) is 15.5. The van der Waals surface area contributed by atoms with E-state index >= 15 is 0 Å². The van der Waals surface area contributed by atoms with Crippen molar-refractivity contribution in [1.82, 2.24) is 39.6 Å². The van der Waals surface area contributed by atoms with Crippen LogP contribution in [-0.2, 0) is 6.54 Å². The molecule has 0 spiro atoms. The van der Waals surface area contributed by atoms with Gasteiger partial charge in [0.1, 0.15) is 18.0 Å². The number of anilines is 1. The number of hydrogen-bond donors (Lipinski definition) is 1. The van der Waals surface area contributed by atoms with E-state index in [0.29, 0.717) is 13.1 Å². The molecule has 27 heavy (non-hydrogen) atoms. The van der Waals surface area contributed by atoms with Crippen molar-refractivity contribution >= 4 is 17.5 Å². The molecule has 1 saturated heterocycles. The fourth-order valence-corrected chi connectivity index (χ4v) is 3.31. The molecule has 0 bridgehead atoms. The number of aryl methyl sites for hydroxylation is 1. The van der Waals surface area contributed by atoms with Gasteiger partial charge < -0.3 is 15.1 Å². The van der Waals surface area contributed by atoms with Gasteiger partial charge in [-0.3, -0.25) is 0 Å². The number of carbonyl (C=O) groups is 1. The van der Waals surface area contributed by atoms with Gasteiger partial charge in [-0.1, -0.05) is 0 Å². The van der Waals surface area contributed by atoms with Crippen LogP contribution in [0.4, 0.5) is 10.6 Å². The molecule has 3 aromatic rings. The van der Waals surface area contributed by atoms with Gasteiger partial charge >= 0.3 is 6.03 Å². The summed E-state index contributed by atoms with van der Waals surface area (Å²) in [7, 11) is 0. The number of hydrogen-bond acceptors (Lipinski definition) is 6. The maximum Gasteiger partial charge on any atom is 0.318 e. The minimum Gasteiger partial charge on any atom is -0.352 e. The SMILES string of the molecule is CCn1ncnc1[C@@H](C)NC(=O)N1CCN(c2ccc3nccn3n2)CC1. The third-order valence-corrected chi connectivity index (χ3v) is 4.80. The van der Waals surface area contributed by atoms with Gasteiger partial charge in [0.25, 0.3) is 0 Å². The molecule has 1 aliphatic heterocycles. The van der Waals surface area contributed by atoms with Gasteiger partial charge in [0.15, 0.2) is 5.65 Å². The van der Waals surface area contributed by atoms with Gasteiger partial charge in [-0.05, 0) is 26.0 Å². The fourth-order valence-electron chi connectivity index (χ4n) is 3.31. The van der Waals surface area contributed by atoms with Crippen molar-refractivity contribution in [2.75, 3.05) is 31.1 Å². The molecular weight excluding hydrogens is 346 g/mol. The zero-order chi connectivity index (χ0) is 18.8. The van der Waals surface area contributed by atoms with Gasteiger partial charge in [-0.25, -0.2) is 24.0 Å². The van der Waals surface area contributed by atoms with E-state index in [4.69, 9.17) is 0 Å². The summed E-state index contributed by atoms with van der Waals surface area (Å²) in [4.78, 5) is 25.1. The standard InChI is InChI=1S/C17H23N9O/c1-3-25-16(19-12-20-25)13(2)21-17(27)24-10-8-23(9-11-24)15-5-4-14-18-6-7-26(14)22-15/h4-7,12-13H,3,8-11H2,1-2H3,(H,21,27)/t13-/m1/s1. The fraction of sp³-hybridized carbons (Fsp3) is 0.471. The number of nitrogens with one attached hydrogen (secondary N) is 1. The number of carbonyl (C=O) groups excluding carboxylic acids is 1. The van der Waals surface area contributed by atoms with Crippen LogP contribution in [0.25, 0.3) is 5.65 Å². The predicted octanol–water partition coefficient (Wildman–Crippen LogP) is 0.933. The Morgan fingerprint density at radius 1 is 1.22 bits per heavy atom. The van der Waals surface area contributed by atoms with Crippen LogP contribution in [0.1, 0.15) is 25.7 Å². The molecule has 2 amide bonds. The third-order valence-electron chi connectivity index (χ3n) is 4.80. The highest BCUT2D eigenvalue weighted by Crippen LogP contribution is 2.15. The second-order valence-electron chi connectivity index (χ2n) is 6.50. The molecule has 0 aliphatic carbocycles. The van der Waals surface area contributed by atoms with Crippen LogP contribution in [0.2, 0.25) is 0 Å². The second kappa shape index (κ2) is 7.22. The van der Waals surface area contributed by atoms with E-state index in [1.165, 1.54) is 6.33 Å². The van der Waals surface area contributed by atoms with Crippen molar-refractivity contribution in [3.63, 3.8) is 0 Å². The molecule has 1 atom stereocenters. The molecule has 1 fully saturated rings. The Hall–Kier alpha value is -3.17. The summed E-state index contributed by atoms with van der Waals surface area (Å²) in [5, 5.41) is 11.7. The number of urea groups is 1. The molecule has 142 valence electrons. The normalized spacial score (nSPS) is 15.9. The Bertz CT molecular complexity index is 925. The van der Waals surface area contributed by atoms with Crippen molar-refractivity contribution in [2.24, 2.45) is 0 Å². The summed E-state index contributed by atoms with van der Waals surface area (Å²) in [5.41, 5.74) is 0.825. The lowest BCUT2D eigenvalue weighted by molar-refractivity contribution is 0.190. The summed E-state index contributed by atoms with van der Waals surface area (Å²) in [6.07, 6.45) is 5.08. The summed E-state index contributed by atoms with van der Waals surface area (Å²) < 4.78 is 3.56. The number of aromatic nitrogens is 6. The van der Waals surface area contributed by atoms with E-state index < -0.39 is 0 Å². The smallest absolute Gasteiger partial charge is 0.318 e. The largest absolute Gasteiger partial charge is 0.352 e. The first-order valence-corrected chi connectivity index (χ1v) is 9.14. The van der Waals surface area contributed by atoms with Gasteiger partial charge in [0.2, 0.25) is 0 Å². The van der Waals surface area contributed by atoms with Crippen LogP contribution < -0.4 is 10.2 Å². The van der Waals surface area contributed by atoms with E-state index in [1.807, 2.05) is 37.1 Å². The number of imidazole rings is 1. The molecule has 4 rings (SSSR count). The highest BCUT2D eigenvalue weighted by atomic mass is 16.2. The maximum atomic E-state index is 12.6. The number of piperazine rings is 1. The van der Waals surface area contributed by atoms with Crippen LogP contribution in [-0.4, -0.2) is 66.5 Å². The molecule has 4 heterocycles. The molecule has 0 radical (unpaired) electrons. The summed E-state index contributed by atoms with van der Waals surface area (Å²) in [6.45, 7) is 7.41. The molecule has 10 nitrogen and oxygen atoms in total. The Kier molecular flexibility index (Phi) is 4.61. The van der Waals surface area contributed by atoms with Crippen LogP contribution in [0, 0.1) is 0 Å². The molecular formula is C17H23N9O. The second-order valence-corrected chi connectivity index (χ2v) is 6.50. The highest BCUT2D eigenvalue weighted by Gasteiger charge is 2.24. The summed E-state index contributed by atoms with van der Waals surface area (Å²) in [5.74, 6) is 1.66. The van der Waals surface area contributed by atoms with Crippen molar-refractivity contribution in [3.05, 3.63) is 36.7 Å². The highest BCUT2D eigenvalue weighted by molar-refractivity contribution is 5.75. The lowest BCUT2D eigenvalue weighted by Crippen LogP contribution is -2.52. The Balaban J connectivity index is 1.35. The summed E-state index contributed by atoms with van der Waals surface area (Å²) in [6, 6.07) is 3.65. The van der Waals surface area contributed by atoms with Gasteiger partial charge in [0, 0.05) is 45.1 Å². The van der Waals surface area contributed by atoms with Crippen LogP contribution in [0.5, 0.6) is 0 Å². The number of nitrogens with zero attached hydrogens (tertiary/aromatic N) is 8. The van der Waals surface area contributed by atoms with E-state index in [-0.39, 0.29) is 12.1 Å². The zero-order valence-corrected chi connectivity index (χ0v) is 15.5. The average Bonchev–Trinajstić information content (AvgIpc) is 3.36. The maximum absolute atomic E-state index is 12.6. The molecule has 1 N–H and O–H groups in total. The number of amides is 2. The predicted molar refractivity (Wildman–Crippen MR) is 99.4 cm³/mol. The topological polar surface area (TPSA) is 96.5 Å². The minimum absolute atomic E-state index is 0.0779. The molecule has 10 heteroatoms. The van der Waals surface area contributed by atoms with Crippen LogP contribution >= 0.6 is 0 Å². The quantitative estimate of drug-likeness (QED) is 0.735. The van der Waals surface area contributed by atoms with E-state index in [9.17, 15) is 4.79 Å². The number of rotatable bonds is 4. The van der Waals surface area contributed by atoms with E-state index in [0.717, 1.165) is 36.9 Å². The monoisotopic (exact) mass is 369 g/mol. The van der Waals surface area contributed by atoms with Crippen LogP contribution in [0.15, 0.2) is 30.9 Å². The summed E-state index contributed by atoms with van der Waals surface area (Å²) >= 11 is 0. The third kappa shape index (κ3) is 3.42. The molecule has 1 aliphatic rings. The lowest BCUT2D eigenvalue weighted by Gasteiger charge is -2.35. The van der Waals surface area contributed by atoms with Crippen molar-refractivity contribution in [2.45, 2.75) is 26.4 Å². The van der Waals surface area contributed by atoms with Gasteiger partial charge in [-0.2, -0.15) is 5.10 Å². The Labute approximate surface area is 156 Å². The first-order chi connectivity index (χ1) is 13.2. The first kappa shape index (κ1) is 17.3. The van der Waals surface area contributed by atoms with Crippen molar-refractivity contribution in [1.29, 1.82) is 0 Å². The van der Waals surface area contributed by atoms with Crippen molar-refractivity contribution < 1.29 is 4.79 Å². The van der Waals surface area contributed by atoms with Gasteiger partial charge in [0.05, 0.1) is 6.04 Å². The first-order valence-electron chi connectivity index (χ1n) is 9.14. The molecule has 3 aromatic heterocycles. The van der Waals surface area contributed by atoms with Gasteiger partial charge in [-0.15, -0.1) is 5.10 Å². The number of fused-ring (bicyclic) bond motifs is 1. The van der Waals surface area contributed by atoms with E-state index in [1.54, 1.807) is 15.4 Å². The Morgan fingerprint density at radius 3 is 2.81 bits per heavy atom. The Morgan fingerprint density at radius 2 is 2.04 bits per heavy atom. The molecule has 0 aromatic carbocycles. The van der Waals surface area contributed by atoms with E-state index in [2.05, 4.69) is 30.4 Å².